The number of fused-ring (bicyclic) bond motifs is 1. The summed E-state index contributed by atoms with van der Waals surface area (Å²) >= 11 is 0. The van der Waals surface area contributed by atoms with Gasteiger partial charge in [-0.3, -0.25) is 0 Å². The Kier molecular flexibility index (Phi) is 1.93. The van der Waals surface area contributed by atoms with E-state index in [9.17, 15) is 10.0 Å². The molecule has 0 amide bonds. The Labute approximate surface area is 81.0 Å². The van der Waals surface area contributed by atoms with Crippen LogP contribution >= 0.6 is 0 Å². The second kappa shape index (κ2) is 3.10. The van der Waals surface area contributed by atoms with Gasteiger partial charge in [0.15, 0.2) is 5.69 Å². The Morgan fingerprint density at radius 1 is 1.21 bits per heavy atom. The van der Waals surface area contributed by atoms with Crippen LogP contribution in [0.5, 0.6) is 5.75 Å². The summed E-state index contributed by atoms with van der Waals surface area (Å²) in [5.74, 6) is -0.0728. The summed E-state index contributed by atoms with van der Waals surface area (Å²) in [5.41, 5.74) is 1.22. The van der Waals surface area contributed by atoms with E-state index in [0.29, 0.717) is 5.39 Å². The van der Waals surface area contributed by atoms with Crippen molar-refractivity contribution in [3.8, 4) is 5.75 Å². The molecule has 0 radical (unpaired) electrons. The lowest BCUT2D eigenvalue weighted by molar-refractivity contribution is 0.477. The third-order valence-electron chi connectivity index (χ3n) is 2.22. The molecule has 2 rings (SSSR count). The summed E-state index contributed by atoms with van der Waals surface area (Å²) in [7, 11) is 0. The Morgan fingerprint density at radius 2 is 2.00 bits per heavy atom. The van der Waals surface area contributed by atoms with Gasteiger partial charge in [0.2, 0.25) is 0 Å². The predicted octanol–water partition coefficient (Wildman–Crippen LogP) is 3.25. The molecule has 3 nitrogen and oxygen atoms in total. The number of rotatable bonds is 1. The molecule has 70 valence electrons. The van der Waals surface area contributed by atoms with Crippen molar-refractivity contribution in [3.63, 3.8) is 0 Å². The number of phenols is 1. The largest absolute Gasteiger partial charge is 0.506 e. The number of benzene rings is 2. The molecule has 0 aliphatic carbocycles. The highest BCUT2D eigenvalue weighted by Crippen LogP contribution is 2.34. The molecule has 0 unspecified atom stereocenters. The van der Waals surface area contributed by atoms with Crippen LogP contribution in [0.4, 0.5) is 5.69 Å². The van der Waals surface area contributed by atoms with Gasteiger partial charge in [-0.2, -0.15) is 0 Å². The third-order valence-corrected chi connectivity index (χ3v) is 2.22. The van der Waals surface area contributed by atoms with Crippen molar-refractivity contribution >= 4 is 16.5 Å². The predicted molar refractivity (Wildman–Crippen MR) is 55.8 cm³/mol. The Morgan fingerprint density at radius 3 is 2.71 bits per heavy atom. The second-order valence-corrected chi connectivity index (χ2v) is 3.25. The van der Waals surface area contributed by atoms with Gasteiger partial charge < -0.3 is 5.11 Å². The number of aryl methyl sites for hydroxylation is 1. The first-order chi connectivity index (χ1) is 6.72. The lowest BCUT2D eigenvalue weighted by atomic mass is 10.1. The molecule has 14 heavy (non-hydrogen) atoms. The molecular formula is C11H9NO2. The minimum Gasteiger partial charge on any atom is -0.506 e. The molecule has 0 saturated heterocycles. The molecule has 2 aromatic carbocycles. The fourth-order valence-corrected chi connectivity index (χ4v) is 1.52. The van der Waals surface area contributed by atoms with Gasteiger partial charge in [-0.15, -0.1) is 4.91 Å². The molecule has 1 N–H and O–H groups in total. The zero-order chi connectivity index (χ0) is 10.1. The molecule has 0 aliphatic rings. The number of nitrogens with zero attached hydrogens (tertiary/aromatic N) is 1. The maximum Gasteiger partial charge on any atom is 0.157 e. The molecule has 0 aliphatic heterocycles. The van der Waals surface area contributed by atoms with Crippen LogP contribution in [0, 0.1) is 11.8 Å². The quantitative estimate of drug-likeness (QED) is 0.696. The number of nitroso groups, excluding NO2 is 1. The Hall–Kier alpha value is -1.90. The van der Waals surface area contributed by atoms with Crippen LogP contribution in [0.15, 0.2) is 35.5 Å². The van der Waals surface area contributed by atoms with Gasteiger partial charge in [0, 0.05) is 5.39 Å². The molecule has 0 heterocycles. The molecule has 0 fully saturated rings. The van der Waals surface area contributed by atoms with Crippen LogP contribution in [-0.4, -0.2) is 5.11 Å². The maximum atomic E-state index is 10.5. The third kappa shape index (κ3) is 1.23. The highest BCUT2D eigenvalue weighted by atomic mass is 16.3. The summed E-state index contributed by atoms with van der Waals surface area (Å²) in [5, 5.41) is 13.8. The second-order valence-electron chi connectivity index (χ2n) is 3.25. The number of hydrogen-bond acceptors (Lipinski definition) is 3. The topological polar surface area (TPSA) is 49.7 Å². The van der Waals surface area contributed by atoms with Gasteiger partial charge in [0.25, 0.3) is 0 Å². The monoisotopic (exact) mass is 187 g/mol. The molecule has 0 saturated carbocycles. The van der Waals surface area contributed by atoms with Crippen LogP contribution in [0.2, 0.25) is 0 Å². The van der Waals surface area contributed by atoms with Crippen LogP contribution in [0.1, 0.15) is 5.56 Å². The number of phenolic OH excluding ortho intramolecular Hbond substituents is 1. The van der Waals surface area contributed by atoms with E-state index in [1.54, 1.807) is 12.1 Å². The van der Waals surface area contributed by atoms with Crippen molar-refractivity contribution in [1.82, 2.24) is 0 Å². The lowest BCUT2D eigenvalue weighted by Crippen LogP contribution is -1.77. The van der Waals surface area contributed by atoms with Gasteiger partial charge in [-0.1, -0.05) is 29.8 Å². The molecule has 2 aromatic rings. The van der Waals surface area contributed by atoms with E-state index in [2.05, 4.69) is 5.18 Å². The zero-order valence-corrected chi connectivity index (χ0v) is 7.69. The van der Waals surface area contributed by atoms with Gasteiger partial charge in [-0.25, -0.2) is 0 Å². The van der Waals surface area contributed by atoms with Crippen molar-refractivity contribution in [2.24, 2.45) is 5.18 Å². The van der Waals surface area contributed by atoms with Crippen molar-refractivity contribution in [2.75, 3.05) is 0 Å². The lowest BCUT2D eigenvalue weighted by Gasteiger charge is -2.02. The SMILES string of the molecule is Cc1ccc2c(N=O)c(O)ccc2c1. The van der Waals surface area contributed by atoms with E-state index < -0.39 is 0 Å². The first-order valence-corrected chi connectivity index (χ1v) is 4.28. The minimum atomic E-state index is -0.0728. The average molecular weight is 187 g/mol. The number of hydrogen-bond donors (Lipinski definition) is 1. The van der Waals surface area contributed by atoms with Crippen molar-refractivity contribution in [1.29, 1.82) is 0 Å². The fourth-order valence-electron chi connectivity index (χ4n) is 1.52. The average Bonchev–Trinajstić information content (AvgIpc) is 2.18. The summed E-state index contributed by atoms with van der Waals surface area (Å²) in [6, 6.07) is 8.88. The van der Waals surface area contributed by atoms with Crippen LogP contribution in [-0.2, 0) is 0 Å². The maximum absolute atomic E-state index is 10.5. The van der Waals surface area contributed by atoms with E-state index in [1.807, 2.05) is 19.1 Å². The van der Waals surface area contributed by atoms with Crippen molar-refractivity contribution in [2.45, 2.75) is 6.92 Å². The summed E-state index contributed by atoms with van der Waals surface area (Å²) in [6.45, 7) is 1.97. The van der Waals surface area contributed by atoms with E-state index in [4.69, 9.17) is 0 Å². The molecule has 0 bridgehead atoms. The van der Waals surface area contributed by atoms with Crippen molar-refractivity contribution in [3.05, 3.63) is 40.8 Å². The molecule has 0 aromatic heterocycles. The van der Waals surface area contributed by atoms with Gasteiger partial charge >= 0.3 is 0 Å². The van der Waals surface area contributed by atoms with Gasteiger partial charge in [0.1, 0.15) is 5.75 Å². The molecule has 3 heteroatoms. The number of aromatic hydroxyl groups is 1. The van der Waals surface area contributed by atoms with Gasteiger partial charge in [0.05, 0.1) is 0 Å². The van der Waals surface area contributed by atoms with Crippen LogP contribution in [0.25, 0.3) is 10.8 Å². The Bertz CT molecular complexity index is 506. The van der Waals surface area contributed by atoms with Crippen LogP contribution in [0.3, 0.4) is 0 Å². The molecule has 0 spiro atoms. The first kappa shape index (κ1) is 8.69. The summed E-state index contributed by atoms with van der Waals surface area (Å²) in [6.07, 6.45) is 0. The normalized spacial score (nSPS) is 10.4. The van der Waals surface area contributed by atoms with E-state index in [1.165, 1.54) is 6.07 Å². The smallest absolute Gasteiger partial charge is 0.157 e. The fraction of sp³-hybridized carbons (Fsp3) is 0.0909. The minimum absolute atomic E-state index is 0.0728. The molecule has 0 atom stereocenters. The van der Waals surface area contributed by atoms with Crippen LogP contribution < -0.4 is 0 Å². The van der Waals surface area contributed by atoms with E-state index in [0.717, 1.165) is 10.9 Å². The highest BCUT2D eigenvalue weighted by Gasteiger charge is 2.06. The Balaban J connectivity index is 2.88. The highest BCUT2D eigenvalue weighted by molar-refractivity contribution is 5.95. The van der Waals surface area contributed by atoms with E-state index in [-0.39, 0.29) is 11.4 Å². The first-order valence-electron chi connectivity index (χ1n) is 4.28. The van der Waals surface area contributed by atoms with Gasteiger partial charge in [-0.05, 0) is 23.6 Å². The summed E-state index contributed by atoms with van der Waals surface area (Å²) in [4.78, 5) is 10.5. The van der Waals surface area contributed by atoms with Crippen molar-refractivity contribution < 1.29 is 5.11 Å². The standard InChI is InChI=1S/C11H9NO2/c1-7-2-4-9-8(6-7)3-5-10(13)11(9)12-14/h2-6,13H,1H3. The zero-order valence-electron chi connectivity index (χ0n) is 7.69. The summed E-state index contributed by atoms with van der Waals surface area (Å²) < 4.78 is 0. The van der Waals surface area contributed by atoms with E-state index >= 15 is 0 Å². The molecular weight excluding hydrogens is 178 g/mol.